The first-order valence-electron chi connectivity index (χ1n) is 6.29. The molecule has 110 valence electrons. The normalized spacial score (nSPS) is 12.2. The molecule has 0 aromatic heterocycles. The first kappa shape index (κ1) is 15.7. The average molecular weight is 367 g/mol. The number of nitrogens with zero attached hydrogens (tertiary/aromatic N) is 1. The van der Waals surface area contributed by atoms with Gasteiger partial charge in [-0.3, -0.25) is 0 Å². The van der Waals surface area contributed by atoms with Gasteiger partial charge in [0.25, 0.3) is 10.0 Å². The summed E-state index contributed by atoms with van der Waals surface area (Å²) in [5.74, 6) is 0. The van der Waals surface area contributed by atoms with Gasteiger partial charge < -0.3 is 0 Å². The fraction of sp³-hybridized carbons (Fsp3) is 0.133. The molecule has 0 aliphatic heterocycles. The summed E-state index contributed by atoms with van der Waals surface area (Å²) in [6, 6.07) is 15.9. The van der Waals surface area contributed by atoms with Crippen LogP contribution in [-0.4, -0.2) is 19.5 Å². The second-order valence-electron chi connectivity index (χ2n) is 4.47. The van der Waals surface area contributed by atoms with Gasteiger partial charge in [0.15, 0.2) is 0 Å². The second-order valence-corrected chi connectivity index (χ2v) is 6.69. The highest BCUT2D eigenvalue weighted by Crippen LogP contribution is 2.09. The molecule has 0 heterocycles. The lowest BCUT2D eigenvalue weighted by Crippen LogP contribution is -2.21. The molecular weight excluding hydrogens is 352 g/mol. The molecule has 0 aliphatic carbocycles. The van der Waals surface area contributed by atoms with Crippen molar-refractivity contribution in [3.63, 3.8) is 0 Å². The number of halogens is 1. The molecule has 2 rings (SSSR count). The maximum Gasteiger partial charge on any atom is 0.276 e. The predicted octanol–water partition coefficient (Wildman–Crippen LogP) is 3.07. The van der Waals surface area contributed by atoms with E-state index in [1.165, 1.54) is 12.1 Å². The molecule has 0 atom stereocenters. The minimum absolute atomic E-state index is 0.187. The van der Waals surface area contributed by atoms with Crippen LogP contribution >= 0.6 is 15.9 Å². The van der Waals surface area contributed by atoms with Gasteiger partial charge in [-0.15, -0.1) is 0 Å². The van der Waals surface area contributed by atoms with E-state index in [1.807, 2.05) is 31.2 Å². The Morgan fingerprint density at radius 1 is 1.10 bits per heavy atom. The molecule has 2 aromatic rings. The molecular formula is C15H15BrN2O2S. The van der Waals surface area contributed by atoms with E-state index in [1.54, 1.807) is 18.2 Å². The predicted molar refractivity (Wildman–Crippen MR) is 88.3 cm³/mol. The second kappa shape index (κ2) is 6.87. The number of sulfonamides is 1. The van der Waals surface area contributed by atoms with Gasteiger partial charge in [0.2, 0.25) is 0 Å². The molecule has 0 saturated carbocycles. The molecule has 0 bridgehead atoms. The van der Waals surface area contributed by atoms with Crippen LogP contribution in [0.2, 0.25) is 0 Å². The van der Waals surface area contributed by atoms with Crippen LogP contribution in [0.25, 0.3) is 0 Å². The van der Waals surface area contributed by atoms with Crippen molar-refractivity contribution in [2.45, 2.75) is 11.8 Å². The molecule has 21 heavy (non-hydrogen) atoms. The van der Waals surface area contributed by atoms with Crippen LogP contribution in [0.1, 0.15) is 11.1 Å². The summed E-state index contributed by atoms with van der Waals surface area (Å²) in [5.41, 5.74) is 2.63. The van der Waals surface area contributed by atoms with Crippen molar-refractivity contribution < 1.29 is 8.42 Å². The van der Waals surface area contributed by atoms with Gasteiger partial charge in [-0.2, -0.15) is 18.4 Å². The maximum absolute atomic E-state index is 12.1. The minimum Gasteiger partial charge on any atom is -0.200 e. The number of aryl methyl sites for hydroxylation is 1. The van der Waals surface area contributed by atoms with E-state index < -0.39 is 10.0 Å². The minimum atomic E-state index is -3.64. The molecule has 0 saturated heterocycles. The number of alkyl halides is 1. The molecule has 0 spiro atoms. The van der Waals surface area contributed by atoms with Crippen LogP contribution in [-0.2, 0) is 10.0 Å². The van der Waals surface area contributed by atoms with E-state index >= 15 is 0 Å². The fourth-order valence-electron chi connectivity index (χ4n) is 1.69. The van der Waals surface area contributed by atoms with E-state index in [2.05, 4.69) is 25.9 Å². The van der Waals surface area contributed by atoms with Crippen molar-refractivity contribution in [1.82, 2.24) is 4.83 Å². The van der Waals surface area contributed by atoms with Crippen molar-refractivity contribution >= 4 is 31.7 Å². The molecule has 4 nitrogen and oxygen atoms in total. The summed E-state index contributed by atoms with van der Waals surface area (Å²) in [6.45, 7) is 1.99. The molecule has 0 fully saturated rings. The largest absolute Gasteiger partial charge is 0.276 e. The van der Waals surface area contributed by atoms with Gasteiger partial charge in [0.1, 0.15) is 0 Å². The SMILES string of the molecule is Cc1ccc(/C(CBr)=N/NS(=O)(=O)c2ccccc2)cc1. The Balaban J connectivity index is 2.24. The lowest BCUT2D eigenvalue weighted by atomic mass is 10.1. The third-order valence-corrected chi connectivity index (χ3v) is 4.62. The number of nitrogens with one attached hydrogen (secondary N) is 1. The van der Waals surface area contributed by atoms with E-state index in [0.717, 1.165) is 11.1 Å². The summed E-state index contributed by atoms with van der Waals surface area (Å²) in [4.78, 5) is 2.46. The monoisotopic (exact) mass is 366 g/mol. The molecule has 1 N–H and O–H groups in total. The Morgan fingerprint density at radius 3 is 2.29 bits per heavy atom. The van der Waals surface area contributed by atoms with Crippen LogP contribution in [0.4, 0.5) is 0 Å². The number of hydrazone groups is 1. The fourth-order valence-corrected chi connectivity index (χ4v) is 2.99. The van der Waals surface area contributed by atoms with Crippen LogP contribution in [0, 0.1) is 6.92 Å². The number of benzene rings is 2. The van der Waals surface area contributed by atoms with E-state index in [-0.39, 0.29) is 4.90 Å². The topological polar surface area (TPSA) is 58.5 Å². The van der Waals surface area contributed by atoms with Crippen molar-refractivity contribution in [3.05, 3.63) is 65.7 Å². The Hall–Kier alpha value is -1.66. The van der Waals surface area contributed by atoms with Crippen molar-refractivity contribution in [3.8, 4) is 0 Å². The van der Waals surface area contributed by atoms with Crippen molar-refractivity contribution in [2.75, 3.05) is 5.33 Å². The zero-order valence-corrected chi connectivity index (χ0v) is 13.9. The van der Waals surface area contributed by atoms with Crippen LogP contribution < -0.4 is 4.83 Å². The average Bonchev–Trinajstić information content (AvgIpc) is 2.50. The van der Waals surface area contributed by atoms with E-state index in [9.17, 15) is 8.42 Å². The number of hydrogen-bond acceptors (Lipinski definition) is 3. The van der Waals surface area contributed by atoms with Gasteiger partial charge in [-0.05, 0) is 24.6 Å². The number of hydrogen-bond donors (Lipinski definition) is 1. The lowest BCUT2D eigenvalue weighted by Gasteiger charge is -2.07. The van der Waals surface area contributed by atoms with Crippen LogP contribution in [0.3, 0.4) is 0 Å². The zero-order valence-electron chi connectivity index (χ0n) is 11.5. The summed E-state index contributed by atoms with van der Waals surface area (Å²) in [5, 5.41) is 4.47. The Labute approximate surface area is 133 Å². The number of rotatable bonds is 5. The third-order valence-electron chi connectivity index (χ3n) is 2.87. The van der Waals surface area contributed by atoms with Gasteiger partial charge in [0, 0.05) is 5.33 Å². The van der Waals surface area contributed by atoms with E-state index in [0.29, 0.717) is 11.0 Å². The third kappa shape index (κ3) is 4.15. The first-order valence-corrected chi connectivity index (χ1v) is 8.90. The molecule has 0 radical (unpaired) electrons. The van der Waals surface area contributed by atoms with Gasteiger partial charge in [-0.1, -0.05) is 64.0 Å². The molecule has 2 aromatic carbocycles. The standard InChI is InChI=1S/C15H15BrN2O2S/c1-12-7-9-13(10-8-12)15(11-16)17-18-21(19,20)14-5-3-2-4-6-14/h2-10,18H,11H2,1H3/b17-15+. The Kier molecular flexibility index (Phi) is 5.14. The summed E-state index contributed by atoms with van der Waals surface area (Å²) in [7, 11) is -3.64. The summed E-state index contributed by atoms with van der Waals surface area (Å²) in [6.07, 6.45) is 0. The first-order chi connectivity index (χ1) is 10.0. The Bertz CT molecular complexity index is 726. The highest BCUT2D eigenvalue weighted by atomic mass is 79.9. The van der Waals surface area contributed by atoms with Crippen molar-refractivity contribution in [1.29, 1.82) is 0 Å². The highest BCUT2D eigenvalue weighted by molar-refractivity contribution is 9.09. The maximum atomic E-state index is 12.1. The van der Waals surface area contributed by atoms with Crippen LogP contribution in [0.5, 0.6) is 0 Å². The van der Waals surface area contributed by atoms with Crippen molar-refractivity contribution in [2.24, 2.45) is 5.10 Å². The molecule has 0 amide bonds. The quantitative estimate of drug-likeness (QED) is 0.502. The van der Waals surface area contributed by atoms with Crippen LogP contribution in [0.15, 0.2) is 64.6 Å². The zero-order chi connectivity index (χ0) is 15.3. The van der Waals surface area contributed by atoms with Gasteiger partial charge in [-0.25, -0.2) is 0 Å². The van der Waals surface area contributed by atoms with Gasteiger partial charge >= 0.3 is 0 Å². The Morgan fingerprint density at radius 2 is 1.71 bits per heavy atom. The molecule has 0 aliphatic rings. The summed E-state index contributed by atoms with van der Waals surface area (Å²) < 4.78 is 24.2. The lowest BCUT2D eigenvalue weighted by molar-refractivity contribution is 0.584. The smallest absolute Gasteiger partial charge is 0.200 e. The highest BCUT2D eigenvalue weighted by Gasteiger charge is 2.12. The summed E-state index contributed by atoms with van der Waals surface area (Å²) >= 11 is 3.33. The van der Waals surface area contributed by atoms with Gasteiger partial charge in [0.05, 0.1) is 10.6 Å². The molecule has 6 heteroatoms. The molecule has 0 unspecified atom stereocenters. The van der Waals surface area contributed by atoms with E-state index in [4.69, 9.17) is 0 Å².